The van der Waals surface area contributed by atoms with Crippen molar-refractivity contribution in [2.75, 3.05) is 11.9 Å². The molecule has 0 unspecified atom stereocenters. The van der Waals surface area contributed by atoms with Gasteiger partial charge in [-0.05, 0) is 37.6 Å². The molecule has 22 heavy (non-hydrogen) atoms. The van der Waals surface area contributed by atoms with Crippen LogP contribution in [0.25, 0.3) is 10.9 Å². The van der Waals surface area contributed by atoms with Crippen molar-refractivity contribution >= 4 is 16.6 Å². The van der Waals surface area contributed by atoms with Crippen LogP contribution in [-0.2, 0) is 6.54 Å². The summed E-state index contributed by atoms with van der Waals surface area (Å²) < 4.78 is 0. The number of fused-ring (bicyclic) bond motifs is 1. The van der Waals surface area contributed by atoms with Crippen LogP contribution in [0, 0.1) is 13.8 Å². The second-order valence-corrected chi connectivity index (χ2v) is 5.68. The van der Waals surface area contributed by atoms with Crippen LogP contribution < -0.4 is 10.5 Å². The Bertz CT molecular complexity index is 883. The molecule has 0 bridgehead atoms. The number of H-pyrrole nitrogens is 1. The van der Waals surface area contributed by atoms with Crippen LogP contribution in [0.1, 0.15) is 17.0 Å². The van der Waals surface area contributed by atoms with E-state index in [1.54, 1.807) is 6.07 Å². The third kappa shape index (κ3) is 2.72. The first kappa shape index (κ1) is 14.3. The maximum atomic E-state index is 12.1. The summed E-state index contributed by atoms with van der Waals surface area (Å²) in [5, 5.41) is 0.625. The topological polar surface area (TPSA) is 49.0 Å². The summed E-state index contributed by atoms with van der Waals surface area (Å²) in [7, 11) is 2.01. The molecule has 0 saturated carbocycles. The summed E-state index contributed by atoms with van der Waals surface area (Å²) >= 11 is 0. The maximum absolute atomic E-state index is 12.1. The molecule has 0 aliphatic heterocycles. The van der Waals surface area contributed by atoms with Crippen molar-refractivity contribution in [1.82, 2.24) is 9.97 Å². The second kappa shape index (κ2) is 5.64. The first-order chi connectivity index (χ1) is 10.5. The van der Waals surface area contributed by atoms with Crippen molar-refractivity contribution in [3.05, 3.63) is 69.8 Å². The van der Waals surface area contributed by atoms with Gasteiger partial charge in [0.1, 0.15) is 5.82 Å². The van der Waals surface area contributed by atoms with Gasteiger partial charge in [0.2, 0.25) is 0 Å². The molecule has 0 amide bonds. The largest absolute Gasteiger partial charge is 0.367 e. The Hall–Kier alpha value is -2.62. The number of nitrogens with zero attached hydrogens (tertiary/aromatic N) is 2. The van der Waals surface area contributed by atoms with E-state index in [-0.39, 0.29) is 5.56 Å². The third-order valence-electron chi connectivity index (χ3n) is 3.81. The summed E-state index contributed by atoms with van der Waals surface area (Å²) in [6.45, 7) is 4.73. The van der Waals surface area contributed by atoms with Gasteiger partial charge in [-0.1, -0.05) is 29.8 Å². The van der Waals surface area contributed by atoms with Crippen LogP contribution >= 0.6 is 0 Å². The van der Waals surface area contributed by atoms with Gasteiger partial charge in [-0.2, -0.15) is 0 Å². The van der Waals surface area contributed by atoms with E-state index < -0.39 is 0 Å². The highest BCUT2D eigenvalue weighted by atomic mass is 16.1. The van der Waals surface area contributed by atoms with E-state index in [1.807, 2.05) is 25.2 Å². The summed E-state index contributed by atoms with van der Waals surface area (Å²) in [5.41, 5.74) is 4.24. The van der Waals surface area contributed by atoms with Gasteiger partial charge in [-0.25, -0.2) is 4.98 Å². The number of aromatic nitrogens is 2. The highest BCUT2D eigenvalue weighted by molar-refractivity contribution is 5.77. The normalized spacial score (nSPS) is 10.9. The minimum absolute atomic E-state index is 0.0883. The molecule has 0 radical (unpaired) electrons. The molecule has 3 rings (SSSR count). The molecular weight excluding hydrogens is 274 g/mol. The van der Waals surface area contributed by atoms with Crippen molar-refractivity contribution in [2.45, 2.75) is 20.4 Å². The molecule has 2 aromatic carbocycles. The van der Waals surface area contributed by atoms with Crippen LogP contribution in [0.3, 0.4) is 0 Å². The minimum Gasteiger partial charge on any atom is -0.367 e. The van der Waals surface area contributed by atoms with Crippen LogP contribution in [-0.4, -0.2) is 17.0 Å². The molecule has 1 heterocycles. The Kier molecular flexibility index (Phi) is 3.67. The average Bonchev–Trinajstić information content (AvgIpc) is 2.47. The zero-order valence-electron chi connectivity index (χ0n) is 13.1. The number of hydrogen-bond acceptors (Lipinski definition) is 3. The van der Waals surface area contributed by atoms with E-state index in [0.717, 1.165) is 11.2 Å². The zero-order chi connectivity index (χ0) is 15.7. The molecule has 4 heteroatoms. The van der Waals surface area contributed by atoms with Crippen LogP contribution in [0.2, 0.25) is 0 Å². The predicted octanol–water partition coefficient (Wildman–Crippen LogP) is 3.18. The Morgan fingerprint density at radius 3 is 2.68 bits per heavy atom. The fourth-order valence-electron chi connectivity index (χ4n) is 2.75. The highest BCUT2D eigenvalue weighted by Gasteiger charge is 2.09. The molecule has 0 fully saturated rings. The maximum Gasteiger partial charge on any atom is 0.258 e. The van der Waals surface area contributed by atoms with Gasteiger partial charge in [-0.3, -0.25) is 4.79 Å². The van der Waals surface area contributed by atoms with Crippen molar-refractivity contribution in [2.24, 2.45) is 0 Å². The SMILES string of the molecule is Cc1ccc(N(C)Cc2nc3ccccc3c(=O)[nH]2)c(C)c1. The standard InChI is InChI=1S/C18H19N3O/c1-12-8-9-16(13(2)10-12)21(3)11-17-19-15-7-5-4-6-14(15)18(22)20-17/h4-10H,11H2,1-3H3,(H,19,20,22). The van der Waals surface area contributed by atoms with Gasteiger partial charge >= 0.3 is 0 Å². The van der Waals surface area contributed by atoms with Crippen molar-refractivity contribution < 1.29 is 0 Å². The number of rotatable bonds is 3. The van der Waals surface area contributed by atoms with E-state index in [0.29, 0.717) is 17.8 Å². The highest BCUT2D eigenvalue weighted by Crippen LogP contribution is 2.21. The van der Waals surface area contributed by atoms with Gasteiger partial charge in [0, 0.05) is 12.7 Å². The summed E-state index contributed by atoms with van der Waals surface area (Å²) in [5.74, 6) is 0.672. The lowest BCUT2D eigenvalue weighted by atomic mass is 10.1. The number of para-hydroxylation sites is 1. The molecule has 3 aromatic rings. The van der Waals surface area contributed by atoms with Crippen molar-refractivity contribution in [3.63, 3.8) is 0 Å². The Morgan fingerprint density at radius 1 is 1.14 bits per heavy atom. The quantitative estimate of drug-likeness (QED) is 0.807. The van der Waals surface area contributed by atoms with Gasteiger partial charge in [0.15, 0.2) is 0 Å². The summed E-state index contributed by atoms with van der Waals surface area (Å²) in [6, 6.07) is 13.7. The lowest BCUT2D eigenvalue weighted by Gasteiger charge is -2.21. The number of anilines is 1. The van der Waals surface area contributed by atoms with Crippen LogP contribution in [0.4, 0.5) is 5.69 Å². The number of benzene rings is 2. The summed E-state index contributed by atoms with van der Waals surface area (Å²) in [6.07, 6.45) is 0. The fraction of sp³-hybridized carbons (Fsp3) is 0.222. The third-order valence-corrected chi connectivity index (χ3v) is 3.81. The van der Waals surface area contributed by atoms with E-state index in [4.69, 9.17) is 0 Å². The average molecular weight is 293 g/mol. The molecule has 0 saturated heterocycles. The van der Waals surface area contributed by atoms with E-state index in [9.17, 15) is 4.79 Å². The monoisotopic (exact) mass is 293 g/mol. The van der Waals surface area contributed by atoms with Crippen molar-refractivity contribution in [1.29, 1.82) is 0 Å². The van der Waals surface area contributed by atoms with Gasteiger partial charge in [0.05, 0.1) is 17.4 Å². The Labute approximate surface area is 129 Å². The second-order valence-electron chi connectivity index (χ2n) is 5.68. The van der Waals surface area contributed by atoms with E-state index in [1.165, 1.54) is 11.1 Å². The molecule has 0 aliphatic carbocycles. The van der Waals surface area contributed by atoms with E-state index in [2.05, 4.69) is 46.9 Å². The van der Waals surface area contributed by atoms with Crippen LogP contribution in [0.5, 0.6) is 0 Å². The zero-order valence-corrected chi connectivity index (χ0v) is 13.1. The van der Waals surface area contributed by atoms with Crippen molar-refractivity contribution in [3.8, 4) is 0 Å². The first-order valence-electron chi connectivity index (χ1n) is 7.31. The first-order valence-corrected chi connectivity index (χ1v) is 7.31. The van der Waals surface area contributed by atoms with Gasteiger partial charge < -0.3 is 9.88 Å². The smallest absolute Gasteiger partial charge is 0.258 e. The molecule has 1 aromatic heterocycles. The van der Waals surface area contributed by atoms with Crippen LogP contribution in [0.15, 0.2) is 47.3 Å². The Morgan fingerprint density at radius 2 is 1.91 bits per heavy atom. The minimum atomic E-state index is -0.0883. The van der Waals surface area contributed by atoms with Gasteiger partial charge in [0.25, 0.3) is 5.56 Å². The molecular formula is C18H19N3O. The Balaban J connectivity index is 1.94. The molecule has 0 aliphatic rings. The molecule has 1 N–H and O–H groups in total. The fourth-order valence-corrected chi connectivity index (χ4v) is 2.75. The number of aromatic amines is 1. The molecule has 0 spiro atoms. The van der Waals surface area contributed by atoms with E-state index >= 15 is 0 Å². The number of nitrogens with one attached hydrogen (secondary N) is 1. The lowest BCUT2D eigenvalue weighted by molar-refractivity contribution is 0.837. The number of aryl methyl sites for hydroxylation is 2. The molecule has 112 valence electrons. The molecule has 4 nitrogen and oxygen atoms in total. The number of hydrogen-bond donors (Lipinski definition) is 1. The predicted molar refractivity (Wildman–Crippen MR) is 90.4 cm³/mol. The van der Waals surface area contributed by atoms with Gasteiger partial charge in [-0.15, -0.1) is 0 Å². The summed E-state index contributed by atoms with van der Waals surface area (Å²) in [4.78, 5) is 21.6. The lowest BCUT2D eigenvalue weighted by Crippen LogP contribution is -2.22. The molecule has 0 atom stereocenters.